The molecule has 0 aliphatic carbocycles. The molecule has 0 aliphatic heterocycles. The maximum absolute atomic E-state index is 12.6. The molecule has 0 heterocycles. The summed E-state index contributed by atoms with van der Waals surface area (Å²) in [6, 6.07) is 10.9. The van der Waals surface area contributed by atoms with Gasteiger partial charge in [0, 0.05) is 22.2 Å². The third-order valence-electron chi connectivity index (χ3n) is 4.82. The summed E-state index contributed by atoms with van der Waals surface area (Å²) in [5.74, 6) is -0.984. The van der Waals surface area contributed by atoms with Crippen LogP contribution >= 0.6 is 0 Å². The molecule has 1 unspecified atom stereocenters. The third-order valence-corrected chi connectivity index (χ3v) is 4.82. The minimum Gasteiger partial charge on any atom is -0.493 e. The van der Waals surface area contributed by atoms with E-state index < -0.39 is 35.7 Å². The van der Waals surface area contributed by atoms with Crippen molar-refractivity contribution >= 4 is 29.3 Å². The first kappa shape index (κ1) is 26.4. The van der Waals surface area contributed by atoms with Crippen molar-refractivity contribution in [1.82, 2.24) is 5.32 Å². The predicted octanol–water partition coefficient (Wildman–Crippen LogP) is 3.23. The Morgan fingerprint density at radius 2 is 1.47 bits per heavy atom. The van der Waals surface area contributed by atoms with Gasteiger partial charge in [-0.05, 0) is 49.4 Å². The van der Waals surface area contributed by atoms with Crippen molar-refractivity contribution in [2.45, 2.75) is 33.8 Å². The molecule has 0 radical (unpaired) electrons. The Hall–Kier alpha value is -3.88. The van der Waals surface area contributed by atoms with Gasteiger partial charge in [0.15, 0.2) is 17.6 Å². The first-order chi connectivity index (χ1) is 16.0. The number of nitrogens with one attached hydrogen (secondary N) is 2. The van der Waals surface area contributed by atoms with Crippen molar-refractivity contribution < 1.29 is 33.4 Å². The van der Waals surface area contributed by atoms with Crippen molar-refractivity contribution in [1.29, 1.82) is 0 Å². The van der Waals surface area contributed by atoms with Gasteiger partial charge in [-0.15, -0.1) is 0 Å². The molecular weight excluding hydrogens is 440 g/mol. The molecule has 0 fully saturated rings. The van der Waals surface area contributed by atoms with Crippen molar-refractivity contribution in [2.24, 2.45) is 5.41 Å². The number of methoxy groups -OCH3 is 2. The van der Waals surface area contributed by atoms with Gasteiger partial charge in [-0.25, -0.2) is 0 Å². The average Bonchev–Trinajstić information content (AvgIpc) is 2.81. The second-order valence-electron chi connectivity index (χ2n) is 8.53. The monoisotopic (exact) mass is 470 g/mol. The van der Waals surface area contributed by atoms with Crippen LogP contribution in [0.3, 0.4) is 0 Å². The first-order valence-electron chi connectivity index (χ1n) is 10.6. The Balaban J connectivity index is 1.90. The van der Waals surface area contributed by atoms with E-state index >= 15 is 0 Å². The van der Waals surface area contributed by atoms with E-state index in [1.807, 2.05) is 0 Å². The van der Waals surface area contributed by atoms with Gasteiger partial charge in [0.2, 0.25) is 11.7 Å². The van der Waals surface area contributed by atoms with Crippen LogP contribution in [0, 0.1) is 5.41 Å². The number of Topliss-reactive ketones (excluding diaryl/α,β-unsaturated/α-hetero) is 1. The number of esters is 1. The predicted molar refractivity (Wildman–Crippen MR) is 126 cm³/mol. The van der Waals surface area contributed by atoms with E-state index in [1.165, 1.54) is 33.3 Å². The summed E-state index contributed by atoms with van der Waals surface area (Å²) in [6.45, 7) is 6.43. The largest absolute Gasteiger partial charge is 0.493 e. The standard InChI is InChI=1S/C25H30N2O7/c1-15(22(29)16-7-10-18(11-8-16)27-24(31)25(2,3)4)34-21(28)14-26-23(30)17-9-12-19(32-5)20(13-17)33-6/h7-13,15H,14H2,1-6H3,(H,26,30)(H,27,31). The Morgan fingerprint density at radius 1 is 0.882 bits per heavy atom. The normalized spacial score (nSPS) is 11.7. The highest BCUT2D eigenvalue weighted by Gasteiger charge is 2.22. The van der Waals surface area contributed by atoms with Gasteiger partial charge < -0.3 is 24.8 Å². The lowest BCUT2D eigenvalue weighted by molar-refractivity contribution is -0.145. The fraction of sp³-hybridized carbons (Fsp3) is 0.360. The molecule has 0 spiro atoms. The molecule has 1 atom stereocenters. The summed E-state index contributed by atoms with van der Waals surface area (Å²) in [6.07, 6.45) is -1.06. The first-order valence-corrected chi connectivity index (χ1v) is 10.6. The molecule has 0 bridgehead atoms. The van der Waals surface area contributed by atoms with Crippen molar-refractivity contribution in [3.05, 3.63) is 53.6 Å². The van der Waals surface area contributed by atoms with E-state index in [4.69, 9.17) is 14.2 Å². The highest BCUT2D eigenvalue weighted by Crippen LogP contribution is 2.27. The number of rotatable bonds is 9. The minimum atomic E-state index is -1.06. The Labute approximate surface area is 198 Å². The Bertz CT molecular complexity index is 1060. The smallest absolute Gasteiger partial charge is 0.326 e. The lowest BCUT2D eigenvalue weighted by Crippen LogP contribution is -2.34. The summed E-state index contributed by atoms with van der Waals surface area (Å²) in [5, 5.41) is 5.22. The van der Waals surface area contributed by atoms with E-state index in [1.54, 1.807) is 51.1 Å². The number of hydrogen-bond donors (Lipinski definition) is 2. The molecule has 2 rings (SSSR count). The van der Waals surface area contributed by atoms with Gasteiger partial charge in [-0.2, -0.15) is 0 Å². The lowest BCUT2D eigenvalue weighted by atomic mass is 9.95. The quantitative estimate of drug-likeness (QED) is 0.426. The van der Waals surface area contributed by atoms with Gasteiger partial charge in [0.05, 0.1) is 14.2 Å². The zero-order valence-corrected chi connectivity index (χ0v) is 20.2. The topological polar surface area (TPSA) is 120 Å². The molecule has 2 amide bonds. The molecule has 2 aromatic rings. The molecule has 2 aromatic carbocycles. The zero-order valence-electron chi connectivity index (χ0n) is 20.2. The van der Waals surface area contributed by atoms with Crippen molar-refractivity contribution in [2.75, 3.05) is 26.1 Å². The number of amides is 2. The zero-order chi connectivity index (χ0) is 25.5. The van der Waals surface area contributed by atoms with Crippen LogP contribution in [-0.4, -0.2) is 50.4 Å². The summed E-state index contributed by atoms with van der Waals surface area (Å²) < 4.78 is 15.4. The summed E-state index contributed by atoms with van der Waals surface area (Å²) in [7, 11) is 2.93. The number of benzene rings is 2. The SMILES string of the molecule is COc1ccc(C(=O)NCC(=O)OC(C)C(=O)c2ccc(NC(=O)C(C)(C)C)cc2)cc1OC. The highest BCUT2D eigenvalue weighted by molar-refractivity contribution is 6.01. The van der Waals surface area contributed by atoms with Crippen LogP contribution in [0.5, 0.6) is 11.5 Å². The second-order valence-corrected chi connectivity index (χ2v) is 8.53. The molecule has 2 N–H and O–H groups in total. The molecule has 182 valence electrons. The van der Waals surface area contributed by atoms with E-state index in [0.29, 0.717) is 22.7 Å². The number of anilines is 1. The maximum atomic E-state index is 12.6. The summed E-state index contributed by atoms with van der Waals surface area (Å²) in [5.41, 5.74) is 0.599. The van der Waals surface area contributed by atoms with Crippen LogP contribution in [0.15, 0.2) is 42.5 Å². The number of ether oxygens (including phenoxy) is 3. The fourth-order valence-corrected chi connectivity index (χ4v) is 2.80. The van der Waals surface area contributed by atoms with E-state index in [9.17, 15) is 19.2 Å². The number of ketones is 1. The Kier molecular flexibility index (Phi) is 8.77. The van der Waals surface area contributed by atoms with Crippen LogP contribution < -0.4 is 20.1 Å². The van der Waals surface area contributed by atoms with Crippen LogP contribution in [0.2, 0.25) is 0 Å². The highest BCUT2D eigenvalue weighted by atomic mass is 16.5. The third kappa shape index (κ3) is 7.06. The van der Waals surface area contributed by atoms with Gasteiger partial charge in [0.25, 0.3) is 5.91 Å². The number of carbonyl (C=O) groups is 4. The number of hydrogen-bond acceptors (Lipinski definition) is 7. The van der Waals surface area contributed by atoms with Gasteiger partial charge in [0.1, 0.15) is 6.54 Å². The van der Waals surface area contributed by atoms with Gasteiger partial charge in [-0.3, -0.25) is 19.2 Å². The molecule has 9 heteroatoms. The summed E-state index contributed by atoms with van der Waals surface area (Å²) >= 11 is 0. The second kappa shape index (κ2) is 11.3. The van der Waals surface area contributed by atoms with Crippen molar-refractivity contribution in [3.8, 4) is 11.5 Å². The Morgan fingerprint density at radius 3 is 2.03 bits per heavy atom. The fourth-order valence-electron chi connectivity index (χ4n) is 2.80. The maximum Gasteiger partial charge on any atom is 0.326 e. The van der Waals surface area contributed by atoms with E-state index in [0.717, 1.165) is 0 Å². The van der Waals surface area contributed by atoms with Crippen LogP contribution in [0.25, 0.3) is 0 Å². The molecule has 0 saturated carbocycles. The molecule has 0 aliphatic rings. The van der Waals surface area contributed by atoms with Crippen LogP contribution in [0.1, 0.15) is 48.4 Å². The van der Waals surface area contributed by atoms with Crippen molar-refractivity contribution in [3.63, 3.8) is 0 Å². The molecule has 0 aromatic heterocycles. The minimum absolute atomic E-state index is 0.149. The molecule has 0 saturated heterocycles. The molecular formula is C25H30N2O7. The molecule has 34 heavy (non-hydrogen) atoms. The number of carbonyl (C=O) groups excluding carboxylic acids is 4. The van der Waals surface area contributed by atoms with Crippen LogP contribution in [0.4, 0.5) is 5.69 Å². The molecule has 9 nitrogen and oxygen atoms in total. The summed E-state index contributed by atoms with van der Waals surface area (Å²) in [4.78, 5) is 49.1. The lowest BCUT2D eigenvalue weighted by Gasteiger charge is -2.18. The average molecular weight is 471 g/mol. The van der Waals surface area contributed by atoms with Crippen LogP contribution in [-0.2, 0) is 14.3 Å². The van der Waals surface area contributed by atoms with E-state index in [-0.39, 0.29) is 11.5 Å². The van der Waals surface area contributed by atoms with Gasteiger partial charge >= 0.3 is 5.97 Å². The van der Waals surface area contributed by atoms with E-state index in [2.05, 4.69) is 10.6 Å². The van der Waals surface area contributed by atoms with Gasteiger partial charge in [-0.1, -0.05) is 20.8 Å².